The van der Waals surface area contributed by atoms with Gasteiger partial charge in [-0.05, 0) is 23.6 Å². The van der Waals surface area contributed by atoms with Gasteiger partial charge in [0.15, 0.2) is 0 Å². The van der Waals surface area contributed by atoms with Crippen LogP contribution in [0, 0.1) is 5.38 Å². The smallest absolute Gasteiger partial charge is 0.147 e. The minimum Gasteiger partial charge on any atom is -0.486 e. The molecule has 0 spiro atoms. The second-order valence-corrected chi connectivity index (χ2v) is 5.28. The maximum Gasteiger partial charge on any atom is 0.147 e. The lowest BCUT2D eigenvalue weighted by Gasteiger charge is -2.01. The van der Waals surface area contributed by atoms with Crippen molar-refractivity contribution in [3.05, 3.63) is 52.0 Å². The second-order valence-electron chi connectivity index (χ2n) is 3.40. The number of benzene rings is 1. The van der Waals surface area contributed by atoms with Gasteiger partial charge < -0.3 is 4.74 Å². The maximum absolute atomic E-state index is 5.77. The monoisotopic (exact) mass is 245 g/mol. The van der Waals surface area contributed by atoms with Gasteiger partial charge in [0.2, 0.25) is 0 Å². The Morgan fingerprint density at radius 2 is 2.06 bits per heavy atom. The molecular formula is C13H9OS2. The number of fused-ring (bicyclic) bond motifs is 1. The summed E-state index contributed by atoms with van der Waals surface area (Å²) in [5, 5.41) is 6.42. The van der Waals surface area contributed by atoms with Gasteiger partial charge in [-0.15, -0.1) is 22.7 Å². The first-order valence-corrected chi connectivity index (χ1v) is 6.67. The molecule has 0 saturated carbocycles. The van der Waals surface area contributed by atoms with Gasteiger partial charge in [-0.2, -0.15) is 0 Å². The van der Waals surface area contributed by atoms with Crippen LogP contribution >= 0.6 is 22.7 Å². The predicted molar refractivity (Wildman–Crippen MR) is 69.3 cm³/mol. The first-order chi connectivity index (χ1) is 7.93. The molecule has 0 fully saturated rings. The van der Waals surface area contributed by atoms with Gasteiger partial charge in [0, 0.05) is 15.0 Å². The zero-order chi connectivity index (χ0) is 10.8. The van der Waals surface area contributed by atoms with Gasteiger partial charge >= 0.3 is 0 Å². The van der Waals surface area contributed by atoms with Crippen molar-refractivity contribution in [3.8, 4) is 5.75 Å². The molecule has 0 aliphatic rings. The summed E-state index contributed by atoms with van der Waals surface area (Å²) in [6.45, 7) is 0.634. The summed E-state index contributed by atoms with van der Waals surface area (Å²) >= 11 is 3.32. The third-order valence-electron chi connectivity index (χ3n) is 2.32. The highest BCUT2D eigenvalue weighted by atomic mass is 32.1. The van der Waals surface area contributed by atoms with Gasteiger partial charge in [-0.3, -0.25) is 0 Å². The molecule has 0 aliphatic heterocycles. The van der Waals surface area contributed by atoms with Crippen molar-refractivity contribution in [1.29, 1.82) is 0 Å². The van der Waals surface area contributed by atoms with Crippen LogP contribution in [0.15, 0.2) is 41.8 Å². The van der Waals surface area contributed by atoms with E-state index in [1.807, 2.05) is 18.2 Å². The Kier molecular flexibility index (Phi) is 2.64. The van der Waals surface area contributed by atoms with Crippen LogP contribution in [0.25, 0.3) is 10.1 Å². The van der Waals surface area contributed by atoms with Gasteiger partial charge in [0.25, 0.3) is 0 Å². The Morgan fingerprint density at radius 1 is 1.12 bits per heavy atom. The van der Waals surface area contributed by atoms with E-state index in [0.29, 0.717) is 6.61 Å². The van der Waals surface area contributed by atoms with Crippen molar-refractivity contribution in [2.75, 3.05) is 0 Å². The summed E-state index contributed by atoms with van der Waals surface area (Å²) in [5.41, 5.74) is 0. The van der Waals surface area contributed by atoms with E-state index in [2.05, 4.69) is 29.0 Å². The van der Waals surface area contributed by atoms with E-state index >= 15 is 0 Å². The number of ether oxygens (including phenoxy) is 1. The lowest BCUT2D eigenvalue weighted by molar-refractivity contribution is 0.314. The van der Waals surface area contributed by atoms with Gasteiger partial charge in [-0.25, -0.2) is 0 Å². The molecule has 0 unspecified atom stereocenters. The molecule has 2 aromatic heterocycles. The summed E-state index contributed by atoms with van der Waals surface area (Å²) < 4.78 is 6.99. The molecule has 1 radical (unpaired) electrons. The lowest BCUT2D eigenvalue weighted by atomic mass is 10.2. The van der Waals surface area contributed by atoms with E-state index in [0.717, 1.165) is 11.1 Å². The SMILES string of the molecule is [c]1sc2ccccc2c1OCc1cccs1. The third kappa shape index (κ3) is 1.84. The summed E-state index contributed by atoms with van der Waals surface area (Å²) in [6, 6.07) is 12.4. The third-order valence-corrected chi connectivity index (χ3v) is 4.04. The van der Waals surface area contributed by atoms with Gasteiger partial charge in [0.05, 0.1) is 5.38 Å². The zero-order valence-corrected chi connectivity index (χ0v) is 10.1. The van der Waals surface area contributed by atoms with Crippen LogP contribution in [0.2, 0.25) is 0 Å². The van der Waals surface area contributed by atoms with E-state index in [1.54, 1.807) is 22.7 Å². The molecule has 3 aromatic rings. The predicted octanol–water partition coefficient (Wildman–Crippen LogP) is 4.34. The second kappa shape index (κ2) is 4.28. The van der Waals surface area contributed by atoms with Crippen LogP contribution in [0.5, 0.6) is 5.75 Å². The number of hydrogen-bond acceptors (Lipinski definition) is 3. The molecule has 0 N–H and O–H groups in total. The van der Waals surface area contributed by atoms with Crippen molar-refractivity contribution in [1.82, 2.24) is 0 Å². The van der Waals surface area contributed by atoms with E-state index in [1.165, 1.54) is 9.58 Å². The first-order valence-electron chi connectivity index (χ1n) is 4.98. The molecule has 1 aromatic carbocycles. The largest absolute Gasteiger partial charge is 0.486 e. The maximum atomic E-state index is 5.77. The Bertz CT molecular complexity index is 581. The highest BCUT2D eigenvalue weighted by molar-refractivity contribution is 7.17. The first kappa shape index (κ1) is 9.87. The number of thiophene rings is 2. The minimum atomic E-state index is 0.634. The fraction of sp³-hybridized carbons (Fsp3) is 0.0769. The standard InChI is InChI=1S/C13H9OS2/c1-2-6-13-11(5-1)12(9-16-13)14-8-10-4-3-7-15-10/h1-7H,8H2. The average Bonchev–Trinajstić information content (AvgIpc) is 2.96. The fourth-order valence-electron chi connectivity index (χ4n) is 1.54. The van der Waals surface area contributed by atoms with E-state index < -0.39 is 0 Å². The normalized spacial score (nSPS) is 10.8. The molecule has 79 valence electrons. The molecule has 0 atom stereocenters. The average molecular weight is 245 g/mol. The minimum absolute atomic E-state index is 0.634. The van der Waals surface area contributed by atoms with E-state index in [-0.39, 0.29) is 0 Å². The Labute approximate surface area is 102 Å². The Morgan fingerprint density at radius 3 is 2.94 bits per heavy atom. The van der Waals surface area contributed by atoms with Crippen LogP contribution in [-0.2, 0) is 6.61 Å². The van der Waals surface area contributed by atoms with Crippen LogP contribution in [-0.4, -0.2) is 0 Å². The quantitative estimate of drug-likeness (QED) is 0.667. The van der Waals surface area contributed by atoms with Crippen molar-refractivity contribution in [2.24, 2.45) is 0 Å². The zero-order valence-electron chi connectivity index (χ0n) is 8.47. The fourth-order valence-corrected chi connectivity index (χ4v) is 2.95. The molecular weight excluding hydrogens is 236 g/mol. The summed E-state index contributed by atoms with van der Waals surface area (Å²) in [4.78, 5) is 1.24. The van der Waals surface area contributed by atoms with Crippen LogP contribution < -0.4 is 4.74 Å². The summed E-state index contributed by atoms with van der Waals surface area (Å²) in [5.74, 6) is 0.869. The molecule has 0 bridgehead atoms. The van der Waals surface area contributed by atoms with Crippen LogP contribution in [0.3, 0.4) is 0 Å². The number of hydrogen-bond donors (Lipinski definition) is 0. The van der Waals surface area contributed by atoms with Gasteiger partial charge in [-0.1, -0.05) is 18.2 Å². The molecule has 1 nitrogen and oxygen atoms in total. The highest BCUT2D eigenvalue weighted by Crippen LogP contribution is 2.31. The molecule has 3 rings (SSSR count). The lowest BCUT2D eigenvalue weighted by Crippen LogP contribution is -1.91. The van der Waals surface area contributed by atoms with Crippen molar-refractivity contribution < 1.29 is 4.74 Å². The van der Waals surface area contributed by atoms with Crippen LogP contribution in [0.1, 0.15) is 4.88 Å². The van der Waals surface area contributed by atoms with Gasteiger partial charge in [0.1, 0.15) is 12.4 Å². The Hall–Kier alpha value is -1.32. The van der Waals surface area contributed by atoms with Crippen molar-refractivity contribution in [3.63, 3.8) is 0 Å². The number of rotatable bonds is 3. The highest BCUT2D eigenvalue weighted by Gasteiger charge is 2.05. The molecule has 0 saturated heterocycles. The summed E-state index contributed by atoms with van der Waals surface area (Å²) in [7, 11) is 0. The molecule has 3 heteroatoms. The van der Waals surface area contributed by atoms with Crippen molar-refractivity contribution >= 4 is 32.8 Å². The summed E-state index contributed by atoms with van der Waals surface area (Å²) in [6.07, 6.45) is 0. The molecule has 0 amide bonds. The van der Waals surface area contributed by atoms with Crippen LogP contribution in [0.4, 0.5) is 0 Å². The van der Waals surface area contributed by atoms with E-state index in [4.69, 9.17) is 4.74 Å². The van der Waals surface area contributed by atoms with E-state index in [9.17, 15) is 0 Å². The Balaban J connectivity index is 1.84. The van der Waals surface area contributed by atoms with Crippen molar-refractivity contribution in [2.45, 2.75) is 6.61 Å². The molecule has 16 heavy (non-hydrogen) atoms. The topological polar surface area (TPSA) is 9.23 Å². The molecule has 0 aliphatic carbocycles. The molecule has 2 heterocycles.